The lowest BCUT2D eigenvalue weighted by atomic mass is 9.78. The smallest absolute Gasteiger partial charge is 0.192 e. The number of hydrogen-bond donors (Lipinski definition) is 1. The Hall–Kier alpha value is -0.623. The normalized spacial score (nSPS) is 26.1. The van der Waals surface area contributed by atoms with Crippen LogP contribution in [0.1, 0.15) is 53.4 Å². The lowest BCUT2D eigenvalue weighted by Gasteiger charge is -2.41. The van der Waals surface area contributed by atoms with Gasteiger partial charge in [-0.15, -0.1) is 0 Å². The van der Waals surface area contributed by atoms with E-state index in [0.717, 1.165) is 12.8 Å². The van der Waals surface area contributed by atoms with Crippen molar-refractivity contribution in [3.05, 3.63) is 23.5 Å². The monoisotopic (exact) mass is 382 g/mol. The van der Waals surface area contributed by atoms with Gasteiger partial charge in [0.25, 0.3) is 0 Å². The van der Waals surface area contributed by atoms with Crippen molar-refractivity contribution < 1.29 is 19.0 Å². The zero-order chi connectivity index (χ0) is 19.4. The number of ether oxygens (including phenoxy) is 2. The Balaban J connectivity index is 2.11. The van der Waals surface area contributed by atoms with Gasteiger partial charge in [0.1, 0.15) is 6.10 Å². The largest absolute Gasteiger partial charge is 0.502 e. The van der Waals surface area contributed by atoms with Gasteiger partial charge in [0.05, 0.1) is 32.2 Å². The Morgan fingerprint density at radius 2 is 1.96 bits per heavy atom. The van der Waals surface area contributed by atoms with Gasteiger partial charge < -0.3 is 19.0 Å². The minimum absolute atomic E-state index is 0.0867. The summed E-state index contributed by atoms with van der Waals surface area (Å²) in [6.07, 6.45) is 7.65. The molecule has 150 valence electrons. The number of rotatable bonds is 7. The molecule has 0 unspecified atom stereocenters. The van der Waals surface area contributed by atoms with Crippen LogP contribution in [0.15, 0.2) is 23.5 Å². The van der Waals surface area contributed by atoms with Gasteiger partial charge in [0.2, 0.25) is 0 Å². The summed E-state index contributed by atoms with van der Waals surface area (Å²) in [6.45, 7) is 14.7. The molecule has 0 saturated carbocycles. The van der Waals surface area contributed by atoms with Gasteiger partial charge in [-0.3, -0.25) is 0 Å². The first-order chi connectivity index (χ1) is 12.2. The predicted molar refractivity (Wildman–Crippen MR) is 109 cm³/mol. The highest BCUT2D eigenvalue weighted by Crippen LogP contribution is 2.40. The van der Waals surface area contributed by atoms with Crippen molar-refractivity contribution >= 4 is 8.32 Å². The van der Waals surface area contributed by atoms with Crippen LogP contribution >= 0.6 is 0 Å². The third-order valence-electron chi connectivity index (χ3n) is 6.18. The Kier molecular flexibility index (Phi) is 7.54. The van der Waals surface area contributed by atoms with Gasteiger partial charge >= 0.3 is 0 Å². The summed E-state index contributed by atoms with van der Waals surface area (Å²) < 4.78 is 17.8. The van der Waals surface area contributed by atoms with Crippen LogP contribution < -0.4 is 0 Å². The summed E-state index contributed by atoms with van der Waals surface area (Å²) in [4.78, 5) is 0. The molecule has 0 amide bonds. The van der Waals surface area contributed by atoms with E-state index in [4.69, 9.17) is 13.9 Å². The first-order valence-electron chi connectivity index (χ1n) is 10.1. The molecule has 0 aromatic carbocycles. The van der Waals surface area contributed by atoms with Crippen LogP contribution in [0.3, 0.4) is 0 Å². The SMILES string of the molecule is CCO/C=C/[C@@H]1C2=C(CCCC2)CO[C@@H]1[C@H](O)CO[Si](C)(C)C(C)(C)C. The van der Waals surface area contributed by atoms with Crippen LogP contribution in [0.25, 0.3) is 0 Å². The van der Waals surface area contributed by atoms with Crippen LogP contribution in [-0.2, 0) is 13.9 Å². The molecule has 26 heavy (non-hydrogen) atoms. The molecule has 0 radical (unpaired) electrons. The molecule has 1 aliphatic carbocycles. The molecule has 1 N–H and O–H groups in total. The van der Waals surface area contributed by atoms with Crippen molar-refractivity contribution in [2.24, 2.45) is 5.92 Å². The van der Waals surface area contributed by atoms with Crippen molar-refractivity contribution in [2.75, 3.05) is 19.8 Å². The Bertz CT molecular complexity index is 519. The molecule has 5 heteroatoms. The fourth-order valence-electron chi connectivity index (χ4n) is 3.47. The van der Waals surface area contributed by atoms with Gasteiger partial charge in [-0.05, 0) is 62.4 Å². The fourth-order valence-corrected chi connectivity index (χ4v) is 4.50. The van der Waals surface area contributed by atoms with E-state index < -0.39 is 14.4 Å². The van der Waals surface area contributed by atoms with Crippen molar-refractivity contribution in [3.63, 3.8) is 0 Å². The van der Waals surface area contributed by atoms with Crippen molar-refractivity contribution in [1.82, 2.24) is 0 Å². The standard InChI is InChI=1S/C21H38O4Si/c1-7-23-13-12-18-17-11-9-8-10-16(17)14-24-20(18)19(22)15-25-26(5,6)21(2,3)4/h12-13,18-20,22H,7-11,14-15H2,1-6H3/b13-12+/t18-,19-,20+/m1/s1. The van der Waals surface area contributed by atoms with Crippen LogP contribution in [0.5, 0.6) is 0 Å². The lowest BCUT2D eigenvalue weighted by molar-refractivity contribution is -0.0716. The molecule has 1 heterocycles. The number of aliphatic hydroxyl groups is 1. The fraction of sp³-hybridized carbons (Fsp3) is 0.810. The van der Waals surface area contributed by atoms with E-state index in [1.54, 1.807) is 6.26 Å². The Labute approximate surface area is 160 Å². The molecule has 0 bridgehead atoms. The van der Waals surface area contributed by atoms with Crippen LogP contribution in [0, 0.1) is 5.92 Å². The van der Waals surface area contributed by atoms with Crippen molar-refractivity contribution in [1.29, 1.82) is 0 Å². The third-order valence-corrected chi connectivity index (χ3v) is 10.7. The Morgan fingerprint density at radius 3 is 2.62 bits per heavy atom. The number of aliphatic hydroxyl groups excluding tert-OH is 1. The maximum atomic E-state index is 10.9. The third kappa shape index (κ3) is 5.21. The highest BCUT2D eigenvalue weighted by molar-refractivity contribution is 6.74. The zero-order valence-corrected chi connectivity index (χ0v) is 18.5. The minimum atomic E-state index is -1.89. The average Bonchev–Trinajstić information content (AvgIpc) is 2.59. The summed E-state index contributed by atoms with van der Waals surface area (Å²) in [5.41, 5.74) is 2.88. The number of hydrogen-bond acceptors (Lipinski definition) is 4. The molecule has 0 spiro atoms. The highest BCUT2D eigenvalue weighted by Gasteiger charge is 2.40. The summed E-state index contributed by atoms with van der Waals surface area (Å²) in [5, 5.41) is 11.0. The van der Waals surface area contributed by atoms with Crippen LogP contribution in [0.4, 0.5) is 0 Å². The molecule has 0 aromatic heterocycles. The van der Waals surface area contributed by atoms with E-state index in [9.17, 15) is 5.11 Å². The quantitative estimate of drug-likeness (QED) is 0.390. The first kappa shape index (κ1) is 21.7. The molecule has 4 nitrogen and oxygen atoms in total. The summed E-state index contributed by atoms with van der Waals surface area (Å²) in [7, 11) is -1.89. The second-order valence-corrected chi connectivity index (χ2v) is 13.9. The van der Waals surface area contributed by atoms with E-state index in [-0.39, 0.29) is 17.1 Å². The van der Waals surface area contributed by atoms with E-state index in [0.29, 0.717) is 19.8 Å². The molecule has 2 aliphatic rings. The van der Waals surface area contributed by atoms with E-state index >= 15 is 0 Å². The molecule has 1 aliphatic heterocycles. The van der Waals surface area contributed by atoms with Crippen molar-refractivity contribution in [2.45, 2.75) is 83.7 Å². The van der Waals surface area contributed by atoms with Gasteiger partial charge in [0, 0.05) is 5.92 Å². The molecule has 3 atom stereocenters. The van der Waals surface area contributed by atoms with Crippen LogP contribution in [-0.4, -0.2) is 45.5 Å². The molecule has 0 aromatic rings. The molecule has 2 rings (SSSR count). The molecule has 0 saturated heterocycles. The average molecular weight is 383 g/mol. The van der Waals surface area contributed by atoms with Crippen LogP contribution in [0.2, 0.25) is 18.1 Å². The summed E-state index contributed by atoms with van der Waals surface area (Å²) in [6, 6.07) is 0. The lowest BCUT2D eigenvalue weighted by Crippen LogP contribution is -2.47. The summed E-state index contributed by atoms with van der Waals surface area (Å²) in [5.74, 6) is 0.0867. The maximum absolute atomic E-state index is 10.9. The Morgan fingerprint density at radius 1 is 1.27 bits per heavy atom. The predicted octanol–water partition coefficient (Wildman–Crippen LogP) is 4.80. The minimum Gasteiger partial charge on any atom is -0.502 e. The first-order valence-corrected chi connectivity index (χ1v) is 13.0. The molecular formula is C21H38O4Si. The molecular weight excluding hydrogens is 344 g/mol. The van der Waals surface area contributed by atoms with E-state index in [1.807, 2.05) is 6.92 Å². The topological polar surface area (TPSA) is 47.9 Å². The summed E-state index contributed by atoms with van der Waals surface area (Å²) >= 11 is 0. The van der Waals surface area contributed by atoms with Gasteiger partial charge in [-0.2, -0.15) is 0 Å². The highest BCUT2D eigenvalue weighted by atomic mass is 28.4. The second kappa shape index (κ2) is 9.05. The second-order valence-electron chi connectivity index (χ2n) is 9.06. The molecule has 0 fully saturated rings. The van der Waals surface area contributed by atoms with E-state index in [2.05, 4.69) is 39.9 Å². The van der Waals surface area contributed by atoms with Gasteiger partial charge in [-0.1, -0.05) is 26.3 Å². The van der Waals surface area contributed by atoms with Gasteiger partial charge in [0.15, 0.2) is 8.32 Å². The zero-order valence-electron chi connectivity index (χ0n) is 17.5. The van der Waals surface area contributed by atoms with Crippen molar-refractivity contribution in [3.8, 4) is 0 Å². The van der Waals surface area contributed by atoms with E-state index in [1.165, 1.54) is 24.0 Å². The van der Waals surface area contributed by atoms with Gasteiger partial charge in [-0.25, -0.2) is 0 Å². The maximum Gasteiger partial charge on any atom is 0.192 e.